The monoisotopic (exact) mass is 327 g/mol. The molecule has 0 radical (unpaired) electrons. The summed E-state index contributed by atoms with van der Waals surface area (Å²) in [6, 6.07) is 5.55. The van der Waals surface area contributed by atoms with Gasteiger partial charge in [0.2, 0.25) is 0 Å². The minimum absolute atomic E-state index is 0.316. The number of phenols is 1. The van der Waals surface area contributed by atoms with E-state index in [1.54, 1.807) is 6.07 Å². The summed E-state index contributed by atoms with van der Waals surface area (Å²) in [4.78, 5) is 0. The predicted octanol–water partition coefficient (Wildman–Crippen LogP) is 4.85. The number of hydrogen-bond acceptors (Lipinski definition) is 2. The number of benzene rings is 1. The first kappa shape index (κ1) is 16.5. The lowest BCUT2D eigenvalue weighted by atomic mass is 9.87. The van der Waals surface area contributed by atoms with Crippen molar-refractivity contribution in [2.45, 2.75) is 53.0 Å². The second kappa shape index (κ2) is 7.91. The van der Waals surface area contributed by atoms with Crippen LogP contribution in [0.15, 0.2) is 22.7 Å². The van der Waals surface area contributed by atoms with Gasteiger partial charge in [-0.05, 0) is 30.0 Å². The first-order valence-electron chi connectivity index (χ1n) is 7.13. The Morgan fingerprint density at radius 3 is 2.68 bits per heavy atom. The Hall–Kier alpha value is -0.540. The van der Waals surface area contributed by atoms with Crippen molar-refractivity contribution in [1.29, 1.82) is 0 Å². The average Bonchev–Trinajstić information content (AvgIpc) is 2.33. The van der Waals surface area contributed by atoms with E-state index in [1.165, 1.54) is 25.7 Å². The van der Waals surface area contributed by atoms with Crippen molar-refractivity contribution in [2.75, 3.05) is 6.54 Å². The number of rotatable bonds is 8. The van der Waals surface area contributed by atoms with Crippen LogP contribution < -0.4 is 5.32 Å². The number of aromatic hydroxyl groups is 1. The van der Waals surface area contributed by atoms with Crippen LogP contribution in [0.1, 0.15) is 52.0 Å². The van der Waals surface area contributed by atoms with Crippen molar-refractivity contribution in [2.24, 2.45) is 5.41 Å². The summed E-state index contributed by atoms with van der Waals surface area (Å²) in [6.07, 6.45) is 5.14. The van der Waals surface area contributed by atoms with Crippen LogP contribution in [0.2, 0.25) is 0 Å². The van der Waals surface area contributed by atoms with Crippen molar-refractivity contribution >= 4 is 15.9 Å². The highest BCUT2D eigenvalue weighted by Crippen LogP contribution is 2.24. The fourth-order valence-electron chi connectivity index (χ4n) is 2.17. The van der Waals surface area contributed by atoms with E-state index in [0.717, 1.165) is 16.6 Å². The Morgan fingerprint density at radius 2 is 2.00 bits per heavy atom. The molecular formula is C16H26BrNO. The van der Waals surface area contributed by atoms with Crippen molar-refractivity contribution in [3.05, 3.63) is 28.2 Å². The molecule has 0 saturated carbocycles. The summed E-state index contributed by atoms with van der Waals surface area (Å²) in [5.41, 5.74) is 1.26. The lowest BCUT2D eigenvalue weighted by Gasteiger charge is -2.25. The van der Waals surface area contributed by atoms with E-state index in [0.29, 0.717) is 17.7 Å². The molecule has 19 heavy (non-hydrogen) atoms. The van der Waals surface area contributed by atoms with Crippen LogP contribution in [0, 0.1) is 5.41 Å². The van der Waals surface area contributed by atoms with Crippen molar-refractivity contribution in [1.82, 2.24) is 5.32 Å². The Balaban J connectivity index is 2.38. The standard InChI is InChI=1S/C16H26BrNO/c1-4-5-6-9-16(2,3)12-18-11-13-10-14(17)7-8-15(13)19/h7-8,10,18-19H,4-6,9,11-12H2,1-3H3. The highest BCUT2D eigenvalue weighted by atomic mass is 79.9. The van der Waals surface area contributed by atoms with Gasteiger partial charge < -0.3 is 10.4 Å². The molecular weight excluding hydrogens is 302 g/mol. The molecule has 0 aliphatic carbocycles. The number of hydrogen-bond donors (Lipinski definition) is 2. The molecule has 108 valence electrons. The Bertz CT molecular complexity index is 390. The maximum Gasteiger partial charge on any atom is 0.120 e. The molecule has 0 unspecified atom stereocenters. The largest absolute Gasteiger partial charge is 0.508 e. The molecule has 0 fully saturated rings. The minimum Gasteiger partial charge on any atom is -0.508 e. The van der Waals surface area contributed by atoms with Crippen LogP contribution in [0.3, 0.4) is 0 Å². The first-order valence-corrected chi connectivity index (χ1v) is 7.92. The quantitative estimate of drug-likeness (QED) is 0.669. The van der Waals surface area contributed by atoms with Crippen LogP contribution in [0.5, 0.6) is 5.75 Å². The van der Waals surface area contributed by atoms with E-state index >= 15 is 0 Å². The second-order valence-electron chi connectivity index (χ2n) is 6.00. The first-order chi connectivity index (χ1) is 8.94. The SMILES string of the molecule is CCCCCC(C)(C)CNCc1cc(Br)ccc1O. The van der Waals surface area contributed by atoms with Crippen molar-refractivity contribution in [3.8, 4) is 5.75 Å². The van der Waals surface area contributed by atoms with Gasteiger partial charge in [0.1, 0.15) is 5.75 Å². The third-order valence-corrected chi connectivity index (χ3v) is 3.91. The van der Waals surface area contributed by atoms with Crippen LogP contribution in [-0.2, 0) is 6.54 Å². The third-order valence-electron chi connectivity index (χ3n) is 3.42. The molecule has 3 heteroatoms. The summed E-state index contributed by atoms with van der Waals surface area (Å²) in [7, 11) is 0. The normalized spacial score (nSPS) is 11.8. The molecule has 2 nitrogen and oxygen atoms in total. The van der Waals surface area contributed by atoms with Gasteiger partial charge in [-0.25, -0.2) is 0 Å². The van der Waals surface area contributed by atoms with Crippen LogP contribution in [0.25, 0.3) is 0 Å². The maximum absolute atomic E-state index is 9.78. The van der Waals surface area contributed by atoms with Gasteiger partial charge >= 0.3 is 0 Å². The van der Waals surface area contributed by atoms with Crippen LogP contribution in [-0.4, -0.2) is 11.7 Å². The van der Waals surface area contributed by atoms with Gasteiger partial charge in [0.15, 0.2) is 0 Å². The zero-order valence-corrected chi connectivity index (χ0v) is 13.9. The van der Waals surface area contributed by atoms with E-state index in [-0.39, 0.29) is 0 Å². The van der Waals surface area contributed by atoms with Gasteiger partial charge in [0, 0.05) is 23.1 Å². The molecule has 0 aliphatic heterocycles. The minimum atomic E-state index is 0.316. The zero-order chi connectivity index (χ0) is 14.3. The summed E-state index contributed by atoms with van der Waals surface area (Å²) in [5.74, 6) is 0.361. The highest BCUT2D eigenvalue weighted by Gasteiger charge is 2.16. The topological polar surface area (TPSA) is 32.3 Å². The van der Waals surface area contributed by atoms with Gasteiger partial charge in [-0.2, -0.15) is 0 Å². The van der Waals surface area contributed by atoms with Crippen molar-refractivity contribution in [3.63, 3.8) is 0 Å². The molecule has 0 amide bonds. The Morgan fingerprint density at radius 1 is 1.26 bits per heavy atom. The Kier molecular flexibility index (Phi) is 6.87. The molecule has 2 N–H and O–H groups in total. The van der Waals surface area contributed by atoms with E-state index in [4.69, 9.17) is 0 Å². The van der Waals surface area contributed by atoms with Crippen LogP contribution >= 0.6 is 15.9 Å². The molecule has 0 spiro atoms. The van der Waals surface area contributed by atoms with Gasteiger partial charge in [0.25, 0.3) is 0 Å². The van der Waals surface area contributed by atoms with E-state index < -0.39 is 0 Å². The zero-order valence-electron chi connectivity index (χ0n) is 12.3. The molecule has 0 bridgehead atoms. The Labute approximate surface area is 125 Å². The number of halogens is 1. The second-order valence-corrected chi connectivity index (χ2v) is 6.91. The lowest BCUT2D eigenvalue weighted by Crippen LogP contribution is -2.29. The van der Waals surface area contributed by atoms with Crippen molar-refractivity contribution < 1.29 is 5.11 Å². The molecule has 1 rings (SSSR count). The van der Waals surface area contributed by atoms with Gasteiger partial charge in [-0.3, -0.25) is 0 Å². The molecule has 0 aliphatic rings. The van der Waals surface area contributed by atoms with E-state index in [2.05, 4.69) is 42.0 Å². The lowest BCUT2D eigenvalue weighted by molar-refractivity contribution is 0.301. The van der Waals surface area contributed by atoms with Gasteiger partial charge in [-0.15, -0.1) is 0 Å². The number of nitrogens with one attached hydrogen (secondary N) is 1. The average molecular weight is 328 g/mol. The molecule has 1 aromatic carbocycles. The predicted molar refractivity (Wildman–Crippen MR) is 85.4 cm³/mol. The summed E-state index contributed by atoms with van der Waals surface area (Å²) in [6.45, 7) is 8.53. The van der Waals surface area contributed by atoms with Crippen LogP contribution in [0.4, 0.5) is 0 Å². The smallest absolute Gasteiger partial charge is 0.120 e. The number of phenolic OH excluding ortho intramolecular Hbond substituents is 1. The molecule has 0 saturated heterocycles. The molecule has 1 aromatic rings. The maximum atomic E-state index is 9.78. The third kappa shape index (κ3) is 6.44. The fraction of sp³-hybridized carbons (Fsp3) is 0.625. The van der Waals surface area contributed by atoms with E-state index in [9.17, 15) is 5.11 Å². The van der Waals surface area contributed by atoms with Gasteiger partial charge in [-0.1, -0.05) is 56.0 Å². The summed E-state index contributed by atoms with van der Waals surface area (Å²) in [5, 5.41) is 13.2. The molecule has 0 heterocycles. The fourth-order valence-corrected chi connectivity index (χ4v) is 2.58. The summed E-state index contributed by atoms with van der Waals surface area (Å²) < 4.78 is 1.00. The summed E-state index contributed by atoms with van der Waals surface area (Å²) >= 11 is 3.43. The van der Waals surface area contributed by atoms with E-state index in [1.807, 2.05) is 12.1 Å². The van der Waals surface area contributed by atoms with Gasteiger partial charge in [0.05, 0.1) is 0 Å². The highest BCUT2D eigenvalue weighted by molar-refractivity contribution is 9.10. The number of unbranched alkanes of at least 4 members (excludes halogenated alkanes) is 2. The molecule has 0 aromatic heterocycles. The molecule has 0 atom stereocenters.